The molecular weight excluding hydrogens is 160 g/mol. The molecule has 0 aromatic rings. The van der Waals surface area contributed by atoms with Crippen molar-refractivity contribution in [3.63, 3.8) is 0 Å². The first kappa shape index (κ1) is 12.7. The molecule has 1 N–H and O–H groups in total. The van der Waals surface area contributed by atoms with Gasteiger partial charge in [-0.1, -0.05) is 44.8 Å². The van der Waals surface area contributed by atoms with E-state index in [2.05, 4.69) is 19.1 Å². The fraction of sp³-hybridized carbons (Fsp3) is 0.833. The molecule has 0 aliphatic heterocycles. The summed E-state index contributed by atoms with van der Waals surface area (Å²) in [6, 6.07) is 0. The zero-order valence-corrected chi connectivity index (χ0v) is 8.97. The second-order valence-electron chi connectivity index (χ2n) is 3.54. The maximum absolute atomic E-state index is 8.53. The van der Waals surface area contributed by atoms with Crippen molar-refractivity contribution in [2.75, 3.05) is 6.61 Å². The summed E-state index contributed by atoms with van der Waals surface area (Å²) in [5.74, 6) is 0. The van der Waals surface area contributed by atoms with Crippen LogP contribution in [0.3, 0.4) is 0 Å². The van der Waals surface area contributed by atoms with Crippen molar-refractivity contribution in [2.45, 2.75) is 58.3 Å². The number of hydrogen-bond acceptors (Lipinski definition) is 1. The summed E-state index contributed by atoms with van der Waals surface area (Å²) in [7, 11) is 0. The van der Waals surface area contributed by atoms with Crippen LogP contribution in [0.4, 0.5) is 0 Å². The summed E-state index contributed by atoms with van der Waals surface area (Å²) in [6.45, 7) is 2.57. The molecule has 1 nitrogen and oxygen atoms in total. The Labute approximate surface area is 82.9 Å². The summed E-state index contributed by atoms with van der Waals surface area (Å²) in [6.07, 6.45) is 14.4. The lowest BCUT2D eigenvalue weighted by molar-refractivity contribution is 0.289. The lowest BCUT2D eigenvalue weighted by atomic mass is 10.1. The molecule has 0 saturated carbocycles. The summed E-state index contributed by atoms with van der Waals surface area (Å²) >= 11 is 0. The van der Waals surface area contributed by atoms with Crippen molar-refractivity contribution >= 4 is 0 Å². The van der Waals surface area contributed by atoms with Crippen molar-refractivity contribution in [2.24, 2.45) is 0 Å². The van der Waals surface area contributed by atoms with Crippen LogP contribution in [0.1, 0.15) is 58.3 Å². The molecule has 0 radical (unpaired) electrons. The Morgan fingerprint density at radius 1 is 0.846 bits per heavy atom. The number of hydrogen-bond donors (Lipinski definition) is 1. The number of rotatable bonds is 9. The van der Waals surface area contributed by atoms with Gasteiger partial charge in [-0.05, 0) is 25.7 Å². The quantitative estimate of drug-likeness (QED) is 0.428. The molecule has 0 fully saturated rings. The predicted octanol–water partition coefficient (Wildman–Crippen LogP) is 3.68. The van der Waals surface area contributed by atoms with Gasteiger partial charge in [-0.25, -0.2) is 0 Å². The van der Waals surface area contributed by atoms with Crippen LogP contribution in [0.15, 0.2) is 12.2 Å². The molecule has 13 heavy (non-hydrogen) atoms. The number of aliphatic hydroxyl groups excluding tert-OH is 1. The summed E-state index contributed by atoms with van der Waals surface area (Å²) < 4.78 is 0. The number of aliphatic hydroxyl groups is 1. The van der Waals surface area contributed by atoms with E-state index in [1.54, 1.807) is 0 Å². The minimum absolute atomic E-state index is 0.320. The van der Waals surface area contributed by atoms with Crippen LogP contribution in [-0.2, 0) is 0 Å². The van der Waals surface area contributed by atoms with Crippen LogP contribution >= 0.6 is 0 Å². The topological polar surface area (TPSA) is 20.2 Å². The van der Waals surface area contributed by atoms with Crippen LogP contribution in [0, 0.1) is 0 Å². The van der Waals surface area contributed by atoms with Gasteiger partial charge < -0.3 is 5.11 Å². The van der Waals surface area contributed by atoms with E-state index in [-0.39, 0.29) is 0 Å². The molecule has 0 unspecified atom stereocenters. The fourth-order valence-electron chi connectivity index (χ4n) is 1.31. The highest BCUT2D eigenvalue weighted by Crippen LogP contribution is 2.05. The largest absolute Gasteiger partial charge is 0.396 e. The van der Waals surface area contributed by atoms with Crippen LogP contribution in [-0.4, -0.2) is 11.7 Å². The molecule has 0 aromatic carbocycles. The highest BCUT2D eigenvalue weighted by molar-refractivity contribution is 4.81. The summed E-state index contributed by atoms with van der Waals surface area (Å²) in [5, 5.41) is 8.53. The Balaban J connectivity index is 2.93. The second kappa shape index (κ2) is 11.7. The molecule has 1 heteroatoms. The lowest BCUT2D eigenvalue weighted by Gasteiger charge is -1.95. The molecular formula is C12H24O. The SMILES string of the molecule is CCCCCCC/C=C/CCCO. The van der Waals surface area contributed by atoms with Crippen LogP contribution in [0.25, 0.3) is 0 Å². The first-order chi connectivity index (χ1) is 6.41. The molecule has 0 bridgehead atoms. The van der Waals surface area contributed by atoms with Crippen molar-refractivity contribution in [1.29, 1.82) is 0 Å². The summed E-state index contributed by atoms with van der Waals surface area (Å²) in [5.41, 5.74) is 0. The van der Waals surface area contributed by atoms with Gasteiger partial charge in [-0.2, -0.15) is 0 Å². The van der Waals surface area contributed by atoms with Gasteiger partial charge in [0.15, 0.2) is 0 Å². The third kappa shape index (κ3) is 11.7. The maximum atomic E-state index is 8.53. The van der Waals surface area contributed by atoms with E-state index >= 15 is 0 Å². The van der Waals surface area contributed by atoms with Crippen LogP contribution in [0.5, 0.6) is 0 Å². The zero-order chi connectivity index (χ0) is 9.78. The van der Waals surface area contributed by atoms with Gasteiger partial charge in [0.25, 0.3) is 0 Å². The van der Waals surface area contributed by atoms with Gasteiger partial charge in [0.1, 0.15) is 0 Å². The average Bonchev–Trinajstić information content (AvgIpc) is 2.16. The smallest absolute Gasteiger partial charge is 0.0433 e. The molecule has 0 aliphatic carbocycles. The van der Waals surface area contributed by atoms with E-state index in [1.165, 1.54) is 38.5 Å². The molecule has 0 aliphatic rings. The Morgan fingerprint density at radius 2 is 1.46 bits per heavy atom. The minimum atomic E-state index is 0.320. The fourth-order valence-corrected chi connectivity index (χ4v) is 1.31. The van der Waals surface area contributed by atoms with Gasteiger partial charge in [-0.15, -0.1) is 0 Å². The Morgan fingerprint density at radius 3 is 2.08 bits per heavy atom. The number of allylic oxidation sites excluding steroid dienone is 2. The molecule has 0 aromatic heterocycles. The zero-order valence-electron chi connectivity index (χ0n) is 8.97. The molecule has 0 saturated heterocycles. The highest BCUT2D eigenvalue weighted by Gasteiger charge is 1.86. The summed E-state index contributed by atoms with van der Waals surface area (Å²) in [4.78, 5) is 0. The van der Waals surface area contributed by atoms with E-state index in [4.69, 9.17) is 5.11 Å². The lowest BCUT2D eigenvalue weighted by Crippen LogP contribution is -1.79. The van der Waals surface area contributed by atoms with Crippen molar-refractivity contribution in [3.05, 3.63) is 12.2 Å². The van der Waals surface area contributed by atoms with Crippen molar-refractivity contribution in [3.8, 4) is 0 Å². The van der Waals surface area contributed by atoms with Crippen molar-refractivity contribution in [1.82, 2.24) is 0 Å². The molecule has 0 rings (SSSR count). The molecule has 0 amide bonds. The van der Waals surface area contributed by atoms with Crippen LogP contribution in [0.2, 0.25) is 0 Å². The standard InChI is InChI=1S/C12H24O/c1-2-3-4-5-6-7-8-9-10-11-12-13/h8-9,13H,2-7,10-12H2,1H3/b9-8+. The van der Waals surface area contributed by atoms with Gasteiger partial charge in [-0.3, -0.25) is 0 Å². The minimum Gasteiger partial charge on any atom is -0.396 e. The van der Waals surface area contributed by atoms with E-state index in [0.717, 1.165) is 12.8 Å². The predicted molar refractivity (Wildman–Crippen MR) is 58.8 cm³/mol. The third-order valence-electron chi connectivity index (χ3n) is 2.17. The van der Waals surface area contributed by atoms with Gasteiger partial charge in [0.05, 0.1) is 0 Å². The van der Waals surface area contributed by atoms with Gasteiger partial charge in [0, 0.05) is 6.61 Å². The normalized spacial score (nSPS) is 11.2. The Kier molecular flexibility index (Phi) is 11.4. The molecule has 0 heterocycles. The van der Waals surface area contributed by atoms with E-state index < -0.39 is 0 Å². The first-order valence-electron chi connectivity index (χ1n) is 5.67. The third-order valence-corrected chi connectivity index (χ3v) is 2.17. The van der Waals surface area contributed by atoms with Crippen molar-refractivity contribution < 1.29 is 5.11 Å². The second-order valence-corrected chi connectivity index (χ2v) is 3.54. The first-order valence-corrected chi connectivity index (χ1v) is 5.67. The molecule has 0 atom stereocenters. The van der Waals surface area contributed by atoms with Gasteiger partial charge >= 0.3 is 0 Å². The van der Waals surface area contributed by atoms with E-state index in [1.807, 2.05) is 0 Å². The molecule has 0 spiro atoms. The van der Waals surface area contributed by atoms with Gasteiger partial charge in [0.2, 0.25) is 0 Å². The Hall–Kier alpha value is -0.300. The Bertz CT molecular complexity index is 108. The number of unbranched alkanes of at least 4 members (excludes halogenated alkanes) is 6. The monoisotopic (exact) mass is 184 g/mol. The van der Waals surface area contributed by atoms with E-state index in [9.17, 15) is 0 Å². The maximum Gasteiger partial charge on any atom is 0.0433 e. The highest BCUT2D eigenvalue weighted by atomic mass is 16.2. The average molecular weight is 184 g/mol. The molecule has 78 valence electrons. The van der Waals surface area contributed by atoms with Crippen LogP contribution < -0.4 is 0 Å². The van der Waals surface area contributed by atoms with E-state index in [0.29, 0.717) is 6.61 Å².